The normalized spacial score (nSPS) is 12.5. The number of amides is 2. The van der Waals surface area contributed by atoms with Crippen molar-refractivity contribution in [1.82, 2.24) is 0 Å². The fourth-order valence-electron chi connectivity index (χ4n) is 2.51. The molecule has 3 rings (SSSR count). The molecule has 2 amide bonds. The Kier molecular flexibility index (Phi) is 3.57. The number of nitrogens with one attached hydrogen (secondary N) is 2. The van der Waals surface area contributed by atoms with Gasteiger partial charge in [0.25, 0.3) is 5.91 Å². The van der Waals surface area contributed by atoms with Gasteiger partial charge in [0.2, 0.25) is 5.91 Å². The van der Waals surface area contributed by atoms with Gasteiger partial charge in [-0.05, 0) is 42.8 Å². The fraction of sp³-hybridized carbons (Fsp3) is 0.118. The second-order valence-corrected chi connectivity index (χ2v) is 5.41. The van der Waals surface area contributed by atoms with Crippen LogP contribution >= 0.6 is 0 Å². The maximum absolute atomic E-state index is 12.3. The predicted octanol–water partition coefficient (Wildman–Crippen LogP) is 2.44. The number of carbonyl (C=O) groups is 3. The maximum atomic E-state index is 12.3. The predicted molar refractivity (Wildman–Crippen MR) is 84.9 cm³/mol. The quantitative estimate of drug-likeness (QED) is 0.811. The number of benzene rings is 2. The number of rotatable bonds is 3. The first-order valence-electron chi connectivity index (χ1n) is 7.02. The highest BCUT2D eigenvalue weighted by Gasteiger charge is 2.20. The molecule has 0 radical (unpaired) electrons. The molecule has 1 heterocycles. The molecule has 0 spiro atoms. The molecule has 0 saturated carbocycles. The van der Waals surface area contributed by atoms with Crippen LogP contribution in [0, 0.1) is 6.92 Å². The van der Waals surface area contributed by atoms with Gasteiger partial charge in [-0.25, -0.2) is 4.79 Å². The van der Waals surface area contributed by atoms with E-state index in [-0.39, 0.29) is 23.6 Å². The topological polar surface area (TPSA) is 95.5 Å². The molecule has 0 fully saturated rings. The first-order valence-corrected chi connectivity index (χ1v) is 7.02. The van der Waals surface area contributed by atoms with Gasteiger partial charge in [-0.15, -0.1) is 0 Å². The lowest BCUT2D eigenvalue weighted by molar-refractivity contribution is -0.115. The average molecular weight is 310 g/mol. The minimum Gasteiger partial charge on any atom is -0.478 e. The van der Waals surface area contributed by atoms with Crippen molar-refractivity contribution in [1.29, 1.82) is 0 Å². The standard InChI is InChI=1S/C17H14N2O4/c1-9-2-4-14(12(6-9)17(22)23)19-16(21)10-3-5-13-11(7-10)8-15(20)18-13/h2-7H,8H2,1H3,(H,18,20)(H,19,21)(H,22,23). The van der Waals surface area contributed by atoms with E-state index in [0.29, 0.717) is 11.3 Å². The molecule has 0 atom stereocenters. The lowest BCUT2D eigenvalue weighted by atomic mass is 10.1. The summed E-state index contributed by atoms with van der Waals surface area (Å²) in [5.74, 6) is -1.63. The summed E-state index contributed by atoms with van der Waals surface area (Å²) in [4.78, 5) is 35.0. The highest BCUT2D eigenvalue weighted by Crippen LogP contribution is 2.25. The van der Waals surface area contributed by atoms with Crippen molar-refractivity contribution >= 4 is 29.2 Å². The number of carbonyl (C=O) groups excluding carboxylic acids is 2. The Morgan fingerprint density at radius 3 is 2.70 bits per heavy atom. The zero-order chi connectivity index (χ0) is 16.6. The van der Waals surface area contributed by atoms with E-state index in [4.69, 9.17) is 0 Å². The van der Waals surface area contributed by atoms with E-state index in [1.807, 2.05) is 0 Å². The second-order valence-electron chi connectivity index (χ2n) is 5.41. The van der Waals surface area contributed by atoms with Crippen molar-refractivity contribution in [2.75, 3.05) is 10.6 Å². The molecule has 0 unspecified atom stereocenters. The Labute approximate surface area is 132 Å². The summed E-state index contributed by atoms with van der Waals surface area (Å²) >= 11 is 0. The summed E-state index contributed by atoms with van der Waals surface area (Å²) in [5, 5.41) is 14.5. The van der Waals surface area contributed by atoms with E-state index in [2.05, 4.69) is 10.6 Å². The monoisotopic (exact) mass is 310 g/mol. The van der Waals surface area contributed by atoms with Gasteiger partial charge in [-0.2, -0.15) is 0 Å². The van der Waals surface area contributed by atoms with Gasteiger partial charge in [0.15, 0.2) is 0 Å². The zero-order valence-corrected chi connectivity index (χ0v) is 12.3. The molecule has 0 bridgehead atoms. The SMILES string of the molecule is Cc1ccc(NC(=O)c2ccc3c(c2)CC(=O)N3)c(C(=O)O)c1. The number of hydrogen-bond acceptors (Lipinski definition) is 3. The van der Waals surface area contributed by atoms with Crippen molar-refractivity contribution in [2.24, 2.45) is 0 Å². The van der Waals surface area contributed by atoms with E-state index in [0.717, 1.165) is 11.1 Å². The van der Waals surface area contributed by atoms with Crippen LogP contribution in [-0.4, -0.2) is 22.9 Å². The van der Waals surface area contributed by atoms with Gasteiger partial charge < -0.3 is 15.7 Å². The van der Waals surface area contributed by atoms with Crippen LogP contribution in [0.15, 0.2) is 36.4 Å². The van der Waals surface area contributed by atoms with Gasteiger partial charge in [-0.1, -0.05) is 11.6 Å². The Morgan fingerprint density at radius 2 is 1.96 bits per heavy atom. The minimum absolute atomic E-state index is 0.0383. The molecule has 3 N–H and O–H groups in total. The van der Waals surface area contributed by atoms with Crippen LogP contribution in [0.25, 0.3) is 0 Å². The number of anilines is 2. The van der Waals surface area contributed by atoms with Crippen LogP contribution < -0.4 is 10.6 Å². The van der Waals surface area contributed by atoms with E-state index < -0.39 is 11.9 Å². The van der Waals surface area contributed by atoms with Crippen molar-refractivity contribution in [3.05, 3.63) is 58.7 Å². The molecule has 0 saturated heterocycles. The van der Waals surface area contributed by atoms with E-state index in [9.17, 15) is 19.5 Å². The Hall–Kier alpha value is -3.15. The summed E-state index contributed by atoms with van der Waals surface area (Å²) in [7, 11) is 0. The van der Waals surface area contributed by atoms with E-state index >= 15 is 0 Å². The summed E-state index contributed by atoms with van der Waals surface area (Å²) in [6.45, 7) is 1.78. The van der Waals surface area contributed by atoms with Crippen molar-refractivity contribution in [3.8, 4) is 0 Å². The van der Waals surface area contributed by atoms with E-state index in [1.54, 1.807) is 37.3 Å². The zero-order valence-electron chi connectivity index (χ0n) is 12.3. The van der Waals surface area contributed by atoms with Crippen molar-refractivity contribution < 1.29 is 19.5 Å². The highest BCUT2D eigenvalue weighted by molar-refractivity contribution is 6.09. The van der Waals surface area contributed by atoms with Crippen molar-refractivity contribution in [3.63, 3.8) is 0 Å². The van der Waals surface area contributed by atoms with Gasteiger partial charge in [-0.3, -0.25) is 9.59 Å². The third kappa shape index (κ3) is 2.91. The third-order valence-corrected chi connectivity index (χ3v) is 3.65. The van der Waals surface area contributed by atoms with Gasteiger partial charge in [0, 0.05) is 11.3 Å². The molecule has 1 aliphatic rings. The Bertz CT molecular complexity index is 842. The molecular formula is C17H14N2O4. The first-order chi connectivity index (χ1) is 10.9. The largest absolute Gasteiger partial charge is 0.478 e. The molecule has 23 heavy (non-hydrogen) atoms. The number of carboxylic acids is 1. The molecular weight excluding hydrogens is 296 g/mol. The average Bonchev–Trinajstić information content (AvgIpc) is 2.87. The molecule has 116 valence electrons. The minimum atomic E-state index is -1.10. The first kappa shape index (κ1) is 14.8. The molecule has 0 aromatic heterocycles. The third-order valence-electron chi connectivity index (χ3n) is 3.65. The Morgan fingerprint density at radius 1 is 1.17 bits per heavy atom. The van der Waals surface area contributed by atoms with Crippen LogP contribution in [0.4, 0.5) is 11.4 Å². The molecule has 6 nitrogen and oxygen atoms in total. The number of fused-ring (bicyclic) bond motifs is 1. The summed E-state index contributed by atoms with van der Waals surface area (Å²) in [5.41, 5.74) is 2.90. The maximum Gasteiger partial charge on any atom is 0.337 e. The Balaban J connectivity index is 1.87. The van der Waals surface area contributed by atoms with Crippen LogP contribution in [-0.2, 0) is 11.2 Å². The lowest BCUT2D eigenvalue weighted by Gasteiger charge is -2.10. The second kappa shape index (κ2) is 5.57. The van der Waals surface area contributed by atoms with Crippen LogP contribution in [0.1, 0.15) is 31.8 Å². The highest BCUT2D eigenvalue weighted by atomic mass is 16.4. The summed E-state index contributed by atoms with van der Waals surface area (Å²) in [6.07, 6.45) is 0.237. The number of carboxylic acid groups (broad SMARTS) is 1. The molecule has 2 aromatic carbocycles. The summed E-state index contributed by atoms with van der Waals surface area (Å²) < 4.78 is 0. The molecule has 1 aliphatic heterocycles. The van der Waals surface area contributed by atoms with Gasteiger partial charge in [0.1, 0.15) is 0 Å². The number of aromatic carboxylic acids is 1. The van der Waals surface area contributed by atoms with Crippen LogP contribution in [0.3, 0.4) is 0 Å². The van der Waals surface area contributed by atoms with Gasteiger partial charge in [0.05, 0.1) is 17.7 Å². The van der Waals surface area contributed by atoms with Crippen LogP contribution in [0.2, 0.25) is 0 Å². The van der Waals surface area contributed by atoms with Crippen molar-refractivity contribution in [2.45, 2.75) is 13.3 Å². The molecule has 6 heteroatoms. The smallest absolute Gasteiger partial charge is 0.337 e. The number of aryl methyl sites for hydroxylation is 1. The lowest BCUT2D eigenvalue weighted by Crippen LogP contribution is -2.15. The van der Waals surface area contributed by atoms with Crippen LogP contribution in [0.5, 0.6) is 0 Å². The number of hydrogen-bond donors (Lipinski definition) is 3. The molecule has 0 aliphatic carbocycles. The van der Waals surface area contributed by atoms with Gasteiger partial charge >= 0.3 is 5.97 Å². The molecule has 2 aromatic rings. The fourth-order valence-corrected chi connectivity index (χ4v) is 2.51. The summed E-state index contributed by atoms with van der Waals surface area (Å²) in [6, 6.07) is 9.69. The van der Waals surface area contributed by atoms with E-state index in [1.165, 1.54) is 6.07 Å².